The van der Waals surface area contributed by atoms with Crippen LogP contribution in [0.3, 0.4) is 0 Å². The molecule has 0 spiro atoms. The van der Waals surface area contributed by atoms with Gasteiger partial charge in [-0.05, 0) is 42.3 Å². The average molecular weight is 322 g/mol. The van der Waals surface area contributed by atoms with Crippen molar-refractivity contribution in [3.63, 3.8) is 0 Å². The Morgan fingerprint density at radius 1 is 1.33 bits per heavy atom. The molecule has 0 saturated heterocycles. The Morgan fingerprint density at radius 2 is 2.12 bits per heavy atom. The molecular weight excluding hydrogens is 308 g/mol. The van der Waals surface area contributed by atoms with Crippen LogP contribution in [0.2, 0.25) is 0 Å². The third-order valence-corrected chi connectivity index (χ3v) is 3.96. The van der Waals surface area contributed by atoms with Gasteiger partial charge in [-0.15, -0.1) is 0 Å². The maximum Gasteiger partial charge on any atom is 0.292 e. The monoisotopic (exact) mass is 322 g/mol. The second kappa shape index (κ2) is 6.01. The van der Waals surface area contributed by atoms with E-state index in [4.69, 9.17) is 5.26 Å². The van der Waals surface area contributed by atoms with Crippen LogP contribution < -0.4 is 10.2 Å². The summed E-state index contributed by atoms with van der Waals surface area (Å²) in [6.45, 7) is 2.16. The highest BCUT2D eigenvalue weighted by Gasteiger charge is 2.22. The first kappa shape index (κ1) is 15.5. The smallest absolute Gasteiger partial charge is 0.292 e. The number of nitro groups is 1. The molecule has 0 bridgehead atoms. The van der Waals surface area contributed by atoms with Gasteiger partial charge < -0.3 is 10.2 Å². The summed E-state index contributed by atoms with van der Waals surface area (Å²) in [4.78, 5) is 23.9. The van der Waals surface area contributed by atoms with Crippen LogP contribution >= 0.6 is 0 Å². The van der Waals surface area contributed by atoms with Crippen molar-refractivity contribution < 1.29 is 9.72 Å². The number of benzene rings is 2. The van der Waals surface area contributed by atoms with Gasteiger partial charge in [-0.1, -0.05) is 0 Å². The van der Waals surface area contributed by atoms with Crippen molar-refractivity contribution in [1.82, 2.24) is 0 Å². The number of nitriles is 1. The third kappa shape index (κ3) is 2.77. The summed E-state index contributed by atoms with van der Waals surface area (Å²) in [5.74, 6) is -0.00758. The van der Waals surface area contributed by atoms with Crippen LogP contribution in [-0.2, 0) is 11.2 Å². The Kier molecular flexibility index (Phi) is 3.88. The molecule has 120 valence electrons. The van der Waals surface area contributed by atoms with Crippen LogP contribution in [0.5, 0.6) is 0 Å². The van der Waals surface area contributed by atoms with Gasteiger partial charge in [0.05, 0.1) is 16.6 Å². The summed E-state index contributed by atoms with van der Waals surface area (Å²) in [5.41, 5.74) is 3.06. The van der Waals surface area contributed by atoms with Gasteiger partial charge in [0.2, 0.25) is 5.91 Å². The number of hydrogen-bond acceptors (Lipinski definition) is 5. The number of nitrogens with one attached hydrogen (secondary N) is 1. The summed E-state index contributed by atoms with van der Waals surface area (Å²) in [7, 11) is 0. The number of carbonyl (C=O) groups is 1. The fourth-order valence-corrected chi connectivity index (χ4v) is 2.83. The molecule has 0 aliphatic carbocycles. The van der Waals surface area contributed by atoms with E-state index >= 15 is 0 Å². The Hall–Kier alpha value is -3.40. The number of nitro benzene ring substituents is 1. The van der Waals surface area contributed by atoms with Gasteiger partial charge in [-0.2, -0.15) is 5.26 Å². The second-order valence-electron chi connectivity index (χ2n) is 5.49. The van der Waals surface area contributed by atoms with Crippen molar-refractivity contribution in [2.75, 3.05) is 16.8 Å². The number of nitrogens with zero attached hydrogens (tertiary/aromatic N) is 3. The first-order chi connectivity index (χ1) is 11.5. The number of anilines is 3. The van der Waals surface area contributed by atoms with Crippen molar-refractivity contribution in [2.45, 2.75) is 13.3 Å². The highest BCUT2D eigenvalue weighted by molar-refractivity contribution is 5.94. The van der Waals surface area contributed by atoms with Crippen molar-refractivity contribution in [2.24, 2.45) is 0 Å². The van der Waals surface area contributed by atoms with E-state index in [1.807, 2.05) is 18.2 Å². The maximum atomic E-state index is 11.6. The maximum absolute atomic E-state index is 11.6. The lowest BCUT2D eigenvalue weighted by molar-refractivity contribution is -0.383. The topological polar surface area (TPSA) is 99.3 Å². The van der Waals surface area contributed by atoms with Crippen molar-refractivity contribution in [3.05, 3.63) is 57.6 Å². The average Bonchev–Trinajstić information content (AvgIpc) is 2.97. The standard InChI is InChI=1S/C17H14N4O3/c1-11(22)20-7-6-13-9-14(3-5-16(13)20)19-15-8-12(10-18)2-4-17(15)21(23)24/h2-5,8-9,19H,6-7H2,1H3. The zero-order valence-electron chi connectivity index (χ0n) is 12.9. The van der Waals surface area contributed by atoms with Crippen LogP contribution in [0, 0.1) is 21.4 Å². The van der Waals surface area contributed by atoms with Gasteiger partial charge in [0.25, 0.3) is 5.69 Å². The predicted molar refractivity (Wildman–Crippen MR) is 89.3 cm³/mol. The Morgan fingerprint density at radius 3 is 2.79 bits per heavy atom. The Balaban J connectivity index is 1.94. The minimum Gasteiger partial charge on any atom is -0.350 e. The minimum absolute atomic E-state index is 0.00758. The molecule has 1 aliphatic heterocycles. The molecule has 3 rings (SSSR count). The molecule has 2 aromatic rings. The van der Waals surface area contributed by atoms with E-state index < -0.39 is 4.92 Å². The van der Waals surface area contributed by atoms with Gasteiger partial charge in [0.1, 0.15) is 5.69 Å². The van der Waals surface area contributed by atoms with Crippen LogP contribution in [0.4, 0.5) is 22.7 Å². The summed E-state index contributed by atoms with van der Waals surface area (Å²) < 4.78 is 0. The summed E-state index contributed by atoms with van der Waals surface area (Å²) >= 11 is 0. The summed E-state index contributed by atoms with van der Waals surface area (Å²) in [5, 5.41) is 23.1. The first-order valence-corrected chi connectivity index (χ1v) is 7.36. The van der Waals surface area contributed by atoms with Crippen LogP contribution in [0.1, 0.15) is 18.1 Å². The molecular formula is C17H14N4O3. The quantitative estimate of drug-likeness (QED) is 0.691. The molecule has 0 saturated carbocycles. The van der Waals surface area contributed by atoms with E-state index in [-0.39, 0.29) is 17.3 Å². The predicted octanol–water partition coefficient (Wildman–Crippen LogP) is 3.12. The molecule has 0 radical (unpaired) electrons. The van der Waals surface area contributed by atoms with Crippen LogP contribution in [0.15, 0.2) is 36.4 Å². The molecule has 1 heterocycles. The highest BCUT2D eigenvalue weighted by Crippen LogP contribution is 2.33. The SMILES string of the molecule is CC(=O)N1CCc2cc(Nc3cc(C#N)ccc3[N+](=O)[O-])ccc21. The molecule has 0 fully saturated rings. The zero-order chi connectivity index (χ0) is 17.3. The third-order valence-electron chi connectivity index (χ3n) is 3.96. The fraction of sp³-hybridized carbons (Fsp3) is 0.176. The summed E-state index contributed by atoms with van der Waals surface area (Å²) in [6, 6.07) is 11.6. The number of carbonyl (C=O) groups excluding carboxylic acids is 1. The van der Waals surface area contributed by atoms with Crippen molar-refractivity contribution >= 4 is 28.7 Å². The first-order valence-electron chi connectivity index (χ1n) is 7.36. The number of amides is 1. The number of fused-ring (bicyclic) bond motifs is 1. The van der Waals surface area contributed by atoms with Crippen LogP contribution in [-0.4, -0.2) is 17.4 Å². The van der Waals surface area contributed by atoms with E-state index in [1.54, 1.807) is 11.0 Å². The molecule has 1 N–H and O–H groups in total. The van der Waals surface area contributed by atoms with E-state index in [1.165, 1.54) is 25.1 Å². The Bertz CT molecular complexity index is 886. The van der Waals surface area contributed by atoms with E-state index in [2.05, 4.69) is 5.32 Å². The van der Waals surface area contributed by atoms with Gasteiger partial charge >= 0.3 is 0 Å². The van der Waals surface area contributed by atoms with Gasteiger partial charge in [0.15, 0.2) is 0 Å². The Labute approximate surface area is 138 Å². The number of hydrogen-bond donors (Lipinski definition) is 1. The fourth-order valence-electron chi connectivity index (χ4n) is 2.83. The van der Waals surface area contributed by atoms with E-state index in [0.29, 0.717) is 17.8 Å². The largest absolute Gasteiger partial charge is 0.350 e. The summed E-state index contributed by atoms with van der Waals surface area (Å²) in [6.07, 6.45) is 0.741. The molecule has 7 nitrogen and oxygen atoms in total. The molecule has 0 atom stereocenters. The lowest BCUT2D eigenvalue weighted by atomic mass is 10.1. The molecule has 7 heteroatoms. The van der Waals surface area contributed by atoms with Gasteiger partial charge in [-0.25, -0.2) is 0 Å². The van der Waals surface area contributed by atoms with E-state index in [0.717, 1.165) is 17.7 Å². The minimum atomic E-state index is -0.492. The molecule has 24 heavy (non-hydrogen) atoms. The molecule has 2 aromatic carbocycles. The highest BCUT2D eigenvalue weighted by atomic mass is 16.6. The van der Waals surface area contributed by atoms with Gasteiger partial charge in [0, 0.05) is 30.9 Å². The van der Waals surface area contributed by atoms with Crippen LogP contribution in [0.25, 0.3) is 0 Å². The van der Waals surface area contributed by atoms with Gasteiger partial charge in [-0.3, -0.25) is 14.9 Å². The van der Waals surface area contributed by atoms with E-state index in [9.17, 15) is 14.9 Å². The van der Waals surface area contributed by atoms with Crippen molar-refractivity contribution in [1.29, 1.82) is 5.26 Å². The zero-order valence-corrected chi connectivity index (χ0v) is 12.9. The molecule has 0 aromatic heterocycles. The number of rotatable bonds is 3. The molecule has 1 aliphatic rings. The lowest BCUT2D eigenvalue weighted by Gasteiger charge is -2.15. The molecule has 1 amide bonds. The lowest BCUT2D eigenvalue weighted by Crippen LogP contribution is -2.25. The van der Waals surface area contributed by atoms with Crippen molar-refractivity contribution in [3.8, 4) is 6.07 Å². The molecule has 0 unspecified atom stereocenters. The normalized spacial score (nSPS) is 12.4. The second-order valence-corrected chi connectivity index (χ2v) is 5.49.